The van der Waals surface area contributed by atoms with Crippen LogP contribution in [0.2, 0.25) is 0 Å². The molecule has 2 rings (SSSR count). The first-order chi connectivity index (χ1) is 9.49. The lowest BCUT2D eigenvalue weighted by atomic mass is 9.92. The number of fused-ring (bicyclic) bond motifs is 2. The molecule has 0 spiro atoms. The standard InChI is InChI=1S/C15H25N3O2/c1-10(2)18(9-14(19)17-15(20)16-3)8-13-7-11-4-5-12(13)6-11/h4-5,10-13H,6-9H2,1-3H3,(H2,16,17,19,20)/t11-,12-,13-/m0/s1. The van der Waals surface area contributed by atoms with E-state index in [0.717, 1.165) is 12.5 Å². The van der Waals surface area contributed by atoms with Gasteiger partial charge in [-0.15, -0.1) is 0 Å². The van der Waals surface area contributed by atoms with Crippen molar-refractivity contribution in [2.24, 2.45) is 17.8 Å². The Morgan fingerprint density at radius 3 is 2.55 bits per heavy atom. The van der Waals surface area contributed by atoms with Gasteiger partial charge in [-0.05, 0) is 44.4 Å². The number of imide groups is 1. The third kappa shape index (κ3) is 3.60. The van der Waals surface area contributed by atoms with E-state index >= 15 is 0 Å². The highest BCUT2D eigenvalue weighted by Gasteiger charge is 2.36. The third-order valence-corrected chi connectivity index (χ3v) is 4.44. The van der Waals surface area contributed by atoms with Crippen LogP contribution in [0.5, 0.6) is 0 Å². The molecule has 1 fully saturated rings. The molecule has 3 amide bonds. The van der Waals surface area contributed by atoms with Crippen LogP contribution in [-0.4, -0.2) is 43.0 Å². The van der Waals surface area contributed by atoms with Crippen LogP contribution in [0.1, 0.15) is 26.7 Å². The molecule has 0 heterocycles. The summed E-state index contributed by atoms with van der Waals surface area (Å²) >= 11 is 0. The number of amides is 3. The van der Waals surface area contributed by atoms with E-state index in [9.17, 15) is 9.59 Å². The van der Waals surface area contributed by atoms with Crippen molar-refractivity contribution in [2.75, 3.05) is 20.1 Å². The van der Waals surface area contributed by atoms with Crippen molar-refractivity contribution in [3.05, 3.63) is 12.2 Å². The number of allylic oxidation sites excluding steroid dienone is 2. The molecule has 2 aliphatic carbocycles. The van der Waals surface area contributed by atoms with Gasteiger partial charge in [-0.25, -0.2) is 4.79 Å². The molecule has 5 heteroatoms. The fraction of sp³-hybridized carbons (Fsp3) is 0.733. The van der Waals surface area contributed by atoms with Crippen LogP contribution < -0.4 is 10.6 Å². The average Bonchev–Trinajstić information content (AvgIpc) is 2.99. The van der Waals surface area contributed by atoms with Gasteiger partial charge in [0.2, 0.25) is 5.91 Å². The minimum atomic E-state index is -0.443. The van der Waals surface area contributed by atoms with Crippen LogP contribution >= 0.6 is 0 Å². The number of urea groups is 1. The van der Waals surface area contributed by atoms with Crippen molar-refractivity contribution in [1.29, 1.82) is 0 Å². The average molecular weight is 279 g/mol. The molecule has 2 aliphatic rings. The van der Waals surface area contributed by atoms with Crippen LogP contribution in [0.25, 0.3) is 0 Å². The molecule has 1 saturated carbocycles. The summed E-state index contributed by atoms with van der Waals surface area (Å²) in [7, 11) is 1.50. The van der Waals surface area contributed by atoms with Gasteiger partial charge in [0.15, 0.2) is 0 Å². The SMILES string of the molecule is CNC(=O)NC(=O)CN(C[C@@H]1C[C@H]2C=C[C@H]1C2)C(C)C. The monoisotopic (exact) mass is 279 g/mol. The van der Waals surface area contributed by atoms with Gasteiger partial charge in [0.05, 0.1) is 6.54 Å². The number of carbonyl (C=O) groups is 2. The summed E-state index contributed by atoms with van der Waals surface area (Å²) in [6, 6.07) is -0.143. The summed E-state index contributed by atoms with van der Waals surface area (Å²) in [5, 5.41) is 4.72. The first-order valence-corrected chi connectivity index (χ1v) is 7.43. The highest BCUT2D eigenvalue weighted by Crippen LogP contribution is 2.43. The van der Waals surface area contributed by atoms with Crippen LogP contribution in [-0.2, 0) is 4.79 Å². The zero-order valence-corrected chi connectivity index (χ0v) is 12.6. The molecule has 0 aromatic carbocycles. The first-order valence-electron chi connectivity index (χ1n) is 7.43. The molecule has 5 nitrogen and oxygen atoms in total. The van der Waals surface area contributed by atoms with E-state index in [1.807, 2.05) is 0 Å². The van der Waals surface area contributed by atoms with Gasteiger partial charge in [0, 0.05) is 19.6 Å². The highest BCUT2D eigenvalue weighted by atomic mass is 16.2. The number of carbonyl (C=O) groups excluding carboxylic acids is 2. The van der Waals surface area contributed by atoms with Gasteiger partial charge in [-0.3, -0.25) is 15.0 Å². The molecule has 0 radical (unpaired) electrons. The fourth-order valence-electron chi connectivity index (χ4n) is 3.28. The van der Waals surface area contributed by atoms with Crippen molar-refractivity contribution in [3.8, 4) is 0 Å². The predicted molar refractivity (Wildman–Crippen MR) is 78.2 cm³/mol. The Morgan fingerprint density at radius 1 is 1.30 bits per heavy atom. The molecule has 0 unspecified atom stereocenters. The molecular weight excluding hydrogens is 254 g/mol. The van der Waals surface area contributed by atoms with E-state index in [-0.39, 0.29) is 12.5 Å². The molecule has 2 bridgehead atoms. The summed E-state index contributed by atoms with van der Waals surface area (Å²) < 4.78 is 0. The number of nitrogens with one attached hydrogen (secondary N) is 2. The Balaban J connectivity index is 1.86. The topological polar surface area (TPSA) is 61.4 Å². The molecule has 3 atom stereocenters. The van der Waals surface area contributed by atoms with E-state index in [2.05, 4.69) is 41.5 Å². The Morgan fingerprint density at radius 2 is 2.05 bits per heavy atom. The number of rotatable bonds is 5. The summed E-state index contributed by atoms with van der Waals surface area (Å²) in [5.74, 6) is 1.85. The molecule has 20 heavy (non-hydrogen) atoms. The fourth-order valence-corrected chi connectivity index (χ4v) is 3.28. The van der Waals surface area contributed by atoms with Gasteiger partial charge < -0.3 is 5.32 Å². The van der Waals surface area contributed by atoms with Crippen molar-refractivity contribution in [2.45, 2.75) is 32.7 Å². The van der Waals surface area contributed by atoms with Gasteiger partial charge in [0.25, 0.3) is 0 Å². The molecule has 112 valence electrons. The Kier molecular flexibility index (Phi) is 4.81. The summed E-state index contributed by atoms with van der Waals surface area (Å²) in [6.45, 7) is 5.40. The van der Waals surface area contributed by atoms with Crippen LogP contribution in [0.4, 0.5) is 4.79 Å². The zero-order chi connectivity index (χ0) is 14.7. The maximum Gasteiger partial charge on any atom is 0.321 e. The van der Waals surface area contributed by atoms with E-state index in [1.165, 1.54) is 19.9 Å². The Hall–Kier alpha value is -1.36. The molecule has 0 saturated heterocycles. The van der Waals surface area contributed by atoms with Gasteiger partial charge in [0.1, 0.15) is 0 Å². The highest BCUT2D eigenvalue weighted by molar-refractivity contribution is 5.95. The second kappa shape index (κ2) is 6.39. The van der Waals surface area contributed by atoms with Gasteiger partial charge in [-0.1, -0.05) is 12.2 Å². The summed E-state index contributed by atoms with van der Waals surface area (Å²) in [5.41, 5.74) is 0. The maximum absolute atomic E-state index is 11.8. The van der Waals surface area contributed by atoms with E-state index in [4.69, 9.17) is 0 Å². The molecule has 0 aromatic rings. The lowest BCUT2D eigenvalue weighted by Crippen LogP contribution is -2.46. The Labute approximate surface area is 120 Å². The minimum absolute atomic E-state index is 0.239. The quantitative estimate of drug-likeness (QED) is 0.747. The van der Waals surface area contributed by atoms with Crippen molar-refractivity contribution >= 4 is 11.9 Å². The molecule has 0 aliphatic heterocycles. The van der Waals surface area contributed by atoms with Crippen LogP contribution in [0.15, 0.2) is 12.2 Å². The van der Waals surface area contributed by atoms with Crippen molar-refractivity contribution < 1.29 is 9.59 Å². The number of hydrogen-bond acceptors (Lipinski definition) is 3. The normalized spacial score (nSPS) is 27.4. The minimum Gasteiger partial charge on any atom is -0.341 e. The molecule has 0 aromatic heterocycles. The van der Waals surface area contributed by atoms with Crippen molar-refractivity contribution in [3.63, 3.8) is 0 Å². The zero-order valence-electron chi connectivity index (χ0n) is 12.6. The van der Waals surface area contributed by atoms with E-state index in [1.54, 1.807) is 0 Å². The van der Waals surface area contributed by atoms with Crippen LogP contribution in [0, 0.1) is 17.8 Å². The van der Waals surface area contributed by atoms with Crippen molar-refractivity contribution in [1.82, 2.24) is 15.5 Å². The Bertz CT molecular complexity index is 406. The summed E-state index contributed by atoms with van der Waals surface area (Å²) in [4.78, 5) is 25.1. The smallest absolute Gasteiger partial charge is 0.321 e. The lowest BCUT2D eigenvalue weighted by molar-refractivity contribution is -0.121. The predicted octanol–water partition coefficient (Wildman–Crippen LogP) is 1.36. The van der Waals surface area contributed by atoms with Crippen LogP contribution in [0.3, 0.4) is 0 Å². The first kappa shape index (κ1) is 15.0. The number of nitrogens with zero attached hydrogens (tertiary/aromatic N) is 1. The van der Waals surface area contributed by atoms with Gasteiger partial charge in [-0.2, -0.15) is 0 Å². The lowest BCUT2D eigenvalue weighted by Gasteiger charge is -2.30. The molecular formula is C15H25N3O2. The third-order valence-electron chi connectivity index (χ3n) is 4.44. The summed E-state index contributed by atoms with van der Waals surface area (Å²) in [6.07, 6.45) is 7.18. The maximum atomic E-state index is 11.8. The molecule has 2 N–H and O–H groups in total. The van der Waals surface area contributed by atoms with E-state index in [0.29, 0.717) is 17.9 Å². The second-order valence-corrected chi connectivity index (χ2v) is 6.19. The largest absolute Gasteiger partial charge is 0.341 e. The van der Waals surface area contributed by atoms with E-state index < -0.39 is 6.03 Å². The number of hydrogen-bond donors (Lipinski definition) is 2. The van der Waals surface area contributed by atoms with Gasteiger partial charge >= 0.3 is 6.03 Å². The second-order valence-electron chi connectivity index (χ2n) is 6.19.